The van der Waals surface area contributed by atoms with E-state index in [0.29, 0.717) is 13.0 Å². The zero-order valence-corrected chi connectivity index (χ0v) is 11.6. The number of hydrogen-bond acceptors (Lipinski definition) is 4. The SMILES string of the molecule is NC(Cc1ccccc1)C(O)Cn1nnc2ccccc21. The largest absolute Gasteiger partial charge is 0.390 e. The molecule has 1 aromatic heterocycles. The van der Waals surface area contributed by atoms with Crippen LogP contribution in [0, 0.1) is 0 Å². The molecule has 0 spiro atoms. The number of fused-ring (bicyclic) bond motifs is 1. The highest BCUT2D eigenvalue weighted by Crippen LogP contribution is 2.12. The molecule has 0 radical (unpaired) electrons. The predicted molar refractivity (Wildman–Crippen MR) is 81.7 cm³/mol. The van der Waals surface area contributed by atoms with Gasteiger partial charge in [-0.2, -0.15) is 0 Å². The minimum Gasteiger partial charge on any atom is -0.390 e. The van der Waals surface area contributed by atoms with Crippen LogP contribution in [0.15, 0.2) is 54.6 Å². The van der Waals surface area contributed by atoms with Gasteiger partial charge in [0, 0.05) is 6.04 Å². The lowest BCUT2D eigenvalue weighted by atomic mass is 10.0. The highest BCUT2D eigenvalue weighted by Gasteiger charge is 2.17. The van der Waals surface area contributed by atoms with Gasteiger partial charge in [-0.25, -0.2) is 4.68 Å². The van der Waals surface area contributed by atoms with E-state index in [9.17, 15) is 5.11 Å². The molecule has 0 bridgehead atoms. The summed E-state index contributed by atoms with van der Waals surface area (Å²) < 4.78 is 1.70. The maximum atomic E-state index is 10.3. The van der Waals surface area contributed by atoms with E-state index in [1.807, 2.05) is 54.6 Å². The van der Waals surface area contributed by atoms with Crippen molar-refractivity contribution in [2.75, 3.05) is 0 Å². The maximum absolute atomic E-state index is 10.3. The number of aromatic nitrogens is 3. The number of hydrogen-bond donors (Lipinski definition) is 2. The van der Waals surface area contributed by atoms with Crippen LogP contribution in [-0.2, 0) is 13.0 Å². The van der Waals surface area contributed by atoms with Gasteiger partial charge in [-0.3, -0.25) is 0 Å². The molecule has 3 rings (SSSR count). The minimum atomic E-state index is -0.671. The van der Waals surface area contributed by atoms with Crippen molar-refractivity contribution in [2.45, 2.75) is 25.1 Å². The highest BCUT2D eigenvalue weighted by atomic mass is 16.3. The fourth-order valence-electron chi connectivity index (χ4n) is 2.39. The molecule has 3 aromatic rings. The molecule has 2 aromatic carbocycles. The minimum absolute atomic E-state index is 0.338. The molecular weight excluding hydrogens is 264 g/mol. The standard InChI is InChI=1S/C16H18N4O/c17-13(10-12-6-2-1-3-7-12)16(21)11-20-15-9-5-4-8-14(15)18-19-20/h1-9,13,16,21H,10-11,17H2. The van der Waals surface area contributed by atoms with Gasteiger partial charge in [-0.1, -0.05) is 47.7 Å². The summed E-state index contributed by atoms with van der Waals surface area (Å²) in [6.07, 6.45) is -0.0374. The Balaban J connectivity index is 1.69. The Bertz CT molecular complexity index is 710. The van der Waals surface area contributed by atoms with Crippen molar-refractivity contribution < 1.29 is 5.11 Å². The maximum Gasteiger partial charge on any atom is 0.113 e. The molecule has 2 atom stereocenters. The Morgan fingerprint density at radius 3 is 2.57 bits per heavy atom. The average molecular weight is 282 g/mol. The molecule has 0 fully saturated rings. The van der Waals surface area contributed by atoms with Crippen LogP contribution in [0.2, 0.25) is 0 Å². The molecule has 5 nitrogen and oxygen atoms in total. The third-order valence-electron chi connectivity index (χ3n) is 3.59. The van der Waals surface area contributed by atoms with Crippen molar-refractivity contribution in [3.05, 3.63) is 60.2 Å². The number of aliphatic hydroxyl groups is 1. The molecule has 2 unspecified atom stereocenters. The van der Waals surface area contributed by atoms with Crippen LogP contribution in [0.25, 0.3) is 11.0 Å². The highest BCUT2D eigenvalue weighted by molar-refractivity contribution is 5.73. The molecule has 0 amide bonds. The molecule has 0 saturated heterocycles. The van der Waals surface area contributed by atoms with Crippen LogP contribution in [0.4, 0.5) is 0 Å². The zero-order valence-electron chi connectivity index (χ0n) is 11.6. The third-order valence-corrected chi connectivity index (χ3v) is 3.59. The number of aliphatic hydroxyl groups excluding tert-OH is 1. The summed E-state index contributed by atoms with van der Waals surface area (Å²) in [4.78, 5) is 0. The van der Waals surface area contributed by atoms with Gasteiger partial charge in [-0.05, 0) is 24.1 Å². The fraction of sp³-hybridized carbons (Fsp3) is 0.250. The van der Waals surface area contributed by atoms with Crippen LogP contribution in [0.5, 0.6) is 0 Å². The van der Waals surface area contributed by atoms with E-state index in [1.165, 1.54) is 0 Å². The molecule has 108 valence electrons. The summed E-state index contributed by atoms with van der Waals surface area (Å²) >= 11 is 0. The van der Waals surface area contributed by atoms with E-state index >= 15 is 0 Å². The molecule has 21 heavy (non-hydrogen) atoms. The quantitative estimate of drug-likeness (QED) is 0.741. The number of nitrogens with zero attached hydrogens (tertiary/aromatic N) is 3. The lowest BCUT2D eigenvalue weighted by Gasteiger charge is -2.19. The second-order valence-corrected chi connectivity index (χ2v) is 5.18. The van der Waals surface area contributed by atoms with Crippen molar-refractivity contribution >= 4 is 11.0 Å². The van der Waals surface area contributed by atoms with Crippen LogP contribution >= 0.6 is 0 Å². The van der Waals surface area contributed by atoms with Gasteiger partial charge < -0.3 is 10.8 Å². The van der Waals surface area contributed by atoms with E-state index < -0.39 is 6.10 Å². The normalized spacial score (nSPS) is 14.2. The fourth-order valence-corrected chi connectivity index (χ4v) is 2.39. The summed E-state index contributed by atoms with van der Waals surface area (Å²) in [5, 5.41) is 18.4. The second kappa shape index (κ2) is 6.03. The van der Waals surface area contributed by atoms with Crippen molar-refractivity contribution in [1.29, 1.82) is 0 Å². The van der Waals surface area contributed by atoms with Crippen molar-refractivity contribution in [1.82, 2.24) is 15.0 Å². The first-order chi connectivity index (χ1) is 10.2. The predicted octanol–water partition coefficient (Wildman–Crippen LogP) is 1.36. The molecule has 0 aliphatic carbocycles. The molecule has 0 aliphatic heterocycles. The molecule has 1 heterocycles. The van der Waals surface area contributed by atoms with Crippen LogP contribution in [-0.4, -0.2) is 32.2 Å². The Hall–Kier alpha value is -2.24. The topological polar surface area (TPSA) is 77.0 Å². The summed E-state index contributed by atoms with van der Waals surface area (Å²) in [5.41, 5.74) is 8.94. The zero-order chi connectivity index (χ0) is 14.7. The van der Waals surface area contributed by atoms with Gasteiger partial charge in [-0.15, -0.1) is 5.10 Å². The van der Waals surface area contributed by atoms with Crippen molar-refractivity contribution in [3.8, 4) is 0 Å². The molecule has 5 heteroatoms. The first-order valence-corrected chi connectivity index (χ1v) is 7.00. The third kappa shape index (κ3) is 3.09. The van der Waals surface area contributed by atoms with Gasteiger partial charge in [0.15, 0.2) is 0 Å². The molecule has 0 saturated carbocycles. The van der Waals surface area contributed by atoms with E-state index in [1.54, 1.807) is 4.68 Å². The molecule has 3 N–H and O–H groups in total. The van der Waals surface area contributed by atoms with Crippen LogP contribution < -0.4 is 5.73 Å². The van der Waals surface area contributed by atoms with Crippen molar-refractivity contribution in [3.63, 3.8) is 0 Å². The van der Waals surface area contributed by atoms with Crippen molar-refractivity contribution in [2.24, 2.45) is 5.73 Å². The number of benzene rings is 2. The van der Waals surface area contributed by atoms with Gasteiger partial charge in [0.1, 0.15) is 5.52 Å². The lowest BCUT2D eigenvalue weighted by molar-refractivity contribution is 0.121. The summed E-state index contributed by atoms with van der Waals surface area (Å²) in [7, 11) is 0. The first-order valence-electron chi connectivity index (χ1n) is 7.00. The molecule has 0 aliphatic rings. The van der Waals surface area contributed by atoms with Crippen LogP contribution in [0.1, 0.15) is 5.56 Å². The Morgan fingerprint density at radius 2 is 1.76 bits per heavy atom. The summed E-state index contributed by atoms with van der Waals surface area (Å²) in [6.45, 7) is 0.342. The number of nitrogens with two attached hydrogens (primary N) is 1. The average Bonchev–Trinajstić information content (AvgIpc) is 2.91. The smallest absolute Gasteiger partial charge is 0.113 e. The van der Waals surface area contributed by atoms with Gasteiger partial charge in [0.2, 0.25) is 0 Å². The summed E-state index contributed by atoms with van der Waals surface area (Å²) in [6, 6.07) is 17.3. The van der Waals surface area contributed by atoms with Gasteiger partial charge in [0.05, 0.1) is 18.2 Å². The number of para-hydroxylation sites is 1. The van der Waals surface area contributed by atoms with E-state index in [2.05, 4.69) is 10.3 Å². The van der Waals surface area contributed by atoms with E-state index in [4.69, 9.17) is 5.73 Å². The first kappa shape index (κ1) is 13.7. The Labute approximate surface area is 123 Å². The monoisotopic (exact) mass is 282 g/mol. The van der Waals surface area contributed by atoms with Gasteiger partial charge >= 0.3 is 0 Å². The lowest BCUT2D eigenvalue weighted by Crippen LogP contribution is -2.39. The number of rotatable bonds is 5. The van der Waals surface area contributed by atoms with E-state index in [0.717, 1.165) is 16.6 Å². The van der Waals surface area contributed by atoms with Crippen LogP contribution in [0.3, 0.4) is 0 Å². The Kier molecular flexibility index (Phi) is 3.94. The van der Waals surface area contributed by atoms with E-state index in [-0.39, 0.29) is 6.04 Å². The second-order valence-electron chi connectivity index (χ2n) is 5.18. The molecular formula is C16H18N4O. The van der Waals surface area contributed by atoms with Gasteiger partial charge in [0.25, 0.3) is 0 Å². The Morgan fingerprint density at radius 1 is 1.05 bits per heavy atom. The summed E-state index contributed by atoms with van der Waals surface area (Å²) in [5.74, 6) is 0.